The van der Waals surface area contributed by atoms with E-state index in [0.29, 0.717) is 30.8 Å². The van der Waals surface area contributed by atoms with Crippen LogP contribution in [0, 0.1) is 17.8 Å². The first-order chi connectivity index (χ1) is 20.9. The van der Waals surface area contributed by atoms with Gasteiger partial charge in [-0.05, 0) is 52.8 Å². The zero-order valence-electron chi connectivity index (χ0n) is 25.8. The molecule has 5 rings (SSSR count). The second-order valence-electron chi connectivity index (χ2n) is 12.5. The SMILES string of the molecule is CC(C)[C@H]1CC[C@@H](C)C[C@H]1OP(=O)([C@H](NCc1ccccc1)c1ccccc1)[C@H](NCc1ccccc1)c1ccccc1. The summed E-state index contributed by atoms with van der Waals surface area (Å²) in [5, 5.41) is 7.52. The Morgan fingerprint density at radius 1 is 0.674 bits per heavy atom. The molecule has 226 valence electrons. The fourth-order valence-electron chi connectivity index (χ4n) is 6.52. The number of nitrogens with one attached hydrogen (secondary N) is 2. The maximum Gasteiger partial charge on any atom is 0.245 e. The molecule has 0 aromatic heterocycles. The molecular weight excluding hydrogens is 547 g/mol. The summed E-state index contributed by atoms with van der Waals surface area (Å²) in [5.41, 5.74) is 4.26. The van der Waals surface area contributed by atoms with Crippen LogP contribution in [0.25, 0.3) is 0 Å². The molecule has 4 aromatic rings. The highest BCUT2D eigenvalue weighted by Crippen LogP contribution is 2.69. The molecule has 43 heavy (non-hydrogen) atoms. The van der Waals surface area contributed by atoms with Gasteiger partial charge in [0.25, 0.3) is 0 Å². The van der Waals surface area contributed by atoms with Crippen LogP contribution in [0.4, 0.5) is 0 Å². The molecule has 1 aliphatic rings. The highest BCUT2D eigenvalue weighted by molar-refractivity contribution is 7.59. The first kappa shape index (κ1) is 31.4. The second kappa shape index (κ2) is 15.1. The van der Waals surface area contributed by atoms with Crippen molar-refractivity contribution in [2.45, 2.75) is 70.8 Å². The van der Waals surface area contributed by atoms with Gasteiger partial charge in [-0.1, -0.05) is 149 Å². The predicted octanol–water partition coefficient (Wildman–Crippen LogP) is 9.72. The molecule has 0 spiro atoms. The van der Waals surface area contributed by atoms with Crippen LogP contribution in [-0.2, 0) is 22.2 Å². The maximum atomic E-state index is 16.3. The zero-order chi connectivity index (χ0) is 30.1. The van der Waals surface area contributed by atoms with Gasteiger partial charge in [0.1, 0.15) is 11.6 Å². The third kappa shape index (κ3) is 8.13. The van der Waals surface area contributed by atoms with Gasteiger partial charge in [0.2, 0.25) is 7.37 Å². The minimum atomic E-state index is -3.55. The Kier molecular flexibility index (Phi) is 11.1. The third-order valence-corrected chi connectivity index (χ3v) is 11.9. The predicted molar refractivity (Wildman–Crippen MR) is 179 cm³/mol. The van der Waals surface area contributed by atoms with Gasteiger partial charge < -0.3 is 4.52 Å². The monoisotopic (exact) mass is 594 g/mol. The summed E-state index contributed by atoms with van der Waals surface area (Å²) in [4.78, 5) is 0. The molecule has 4 nitrogen and oxygen atoms in total. The van der Waals surface area contributed by atoms with Gasteiger partial charge in [0, 0.05) is 13.1 Å². The van der Waals surface area contributed by atoms with E-state index in [1.807, 2.05) is 48.5 Å². The van der Waals surface area contributed by atoms with Crippen LogP contribution in [-0.4, -0.2) is 6.10 Å². The molecule has 0 heterocycles. The van der Waals surface area contributed by atoms with Crippen LogP contribution in [0.2, 0.25) is 0 Å². The first-order valence-corrected chi connectivity index (χ1v) is 17.6. The minimum Gasteiger partial charge on any atom is -0.322 e. The number of benzene rings is 4. The molecule has 1 fully saturated rings. The van der Waals surface area contributed by atoms with Crippen molar-refractivity contribution in [2.24, 2.45) is 17.8 Å². The summed E-state index contributed by atoms with van der Waals surface area (Å²) in [5.74, 6) is 0.333. The lowest BCUT2D eigenvalue weighted by molar-refractivity contribution is 0.0442. The normalized spacial score (nSPS) is 20.5. The topological polar surface area (TPSA) is 50.4 Å². The van der Waals surface area contributed by atoms with Crippen molar-refractivity contribution < 1.29 is 9.09 Å². The van der Waals surface area contributed by atoms with E-state index in [4.69, 9.17) is 4.52 Å². The van der Waals surface area contributed by atoms with Gasteiger partial charge in [-0.3, -0.25) is 15.2 Å². The Hall–Kier alpha value is -3.01. The number of hydrogen-bond donors (Lipinski definition) is 2. The molecule has 4 aromatic carbocycles. The van der Waals surface area contributed by atoms with Crippen molar-refractivity contribution in [3.8, 4) is 0 Å². The van der Waals surface area contributed by atoms with Gasteiger partial charge in [-0.25, -0.2) is 0 Å². The number of hydrogen-bond acceptors (Lipinski definition) is 4. The Morgan fingerprint density at radius 3 is 1.51 bits per heavy atom. The summed E-state index contributed by atoms with van der Waals surface area (Å²) in [6, 6.07) is 41.2. The van der Waals surface area contributed by atoms with E-state index in [1.165, 1.54) is 6.42 Å². The van der Waals surface area contributed by atoms with Crippen molar-refractivity contribution in [1.29, 1.82) is 0 Å². The van der Waals surface area contributed by atoms with Crippen molar-refractivity contribution in [1.82, 2.24) is 10.6 Å². The maximum absolute atomic E-state index is 16.3. The summed E-state index contributed by atoms with van der Waals surface area (Å²) in [7, 11) is -3.55. The van der Waals surface area contributed by atoms with E-state index < -0.39 is 18.9 Å². The van der Waals surface area contributed by atoms with Gasteiger partial charge in [-0.15, -0.1) is 0 Å². The van der Waals surface area contributed by atoms with Gasteiger partial charge in [0.15, 0.2) is 0 Å². The second-order valence-corrected chi connectivity index (χ2v) is 15.0. The van der Waals surface area contributed by atoms with Crippen molar-refractivity contribution in [3.05, 3.63) is 144 Å². The molecule has 0 amide bonds. The molecule has 5 atom stereocenters. The molecule has 0 aliphatic heterocycles. The molecular formula is C38H47N2O2P. The standard InChI is InChI=1S/C38H47N2O2P/c1-29(2)35-25-24-30(3)26-36(35)42-43(41,37(33-20-12-6-13-21-33)39-27-31-16-8-4-9-17-31)38(34-22-14-7-15-23-34)40-28-32-18-10-5-11-19-32/h4-23,29-30,35-40H,24-28H2,1-3H3/t30-,35-,36-,37+,38+/m1/s1. The summed E-state index contributed by atoms with van der Waals surface area (Å²) >= 11 is 0. The van der Waals surface area contributed by atoms with E-state index in [0.717, 1.165) is 35.1 Å². The van der Waals surface area contributed by atoms with Crippen LogP contribution >= 0.6 is 7.37 Å². The van der Waals surface area contributed by atoms with Crippen molar-refractivity contribution in [2.75, 3.05) is 0 Å². The Labute approximate surface area is 258 Å². The first-order valence-electron chi connectivity index (χ1n) is 15.9. The van der Waals surface area contributed by atoms with E-state index in [9.17, 15) is 0 Å². The number of rotatable bonds is 13. The Balaban J connectivity index is 1.62. The summed E-state index contributed by atoms with van der Waals surface area (Å²) in [6.45, 7) is 8.05. The lowest BCUT2D eigenvalue weighted by Gasteiger charge is -2.43. The summed E-state index contributed by atoms with van der Waals surface area (Å²) in [6.07, 6.45) is 3.14. The zero-order valence-corrected chi connectivity index (χ0v) is 26.7. The molecule has 0 unspecified atom stereocenters. The van der Waals surface area contributed by atoms with E-state index in [2.05, 4.69) is 104 Å². The molecule has 0 saturated heterocycles. The molecule has 0 bridgehead atoms. The fourth-order valence-corrected chi connectivity index (χ4v) is 9.59. The average Bonchev–Trinajstić information content (AvgIpc) is 3.03. The van der Waals surface area contributed by atoms with Crippen LogP contribution in [0.5, 0.6) is 0 Å². The fraction of sp³-hybridized carbons (Fsp3) is 0.368. The lowest BCUT2D eigenvalue weighted by Crippen LogP contribution is -2.37. The quantitative estimate of drug-likeness (QED) is 0.151. The highest BCUT2D eigenvalue weighted by Gasteiger charge is 2.47. The van der Waals surface area contributed by atoms with Crippen molar-refractivity contribution >= 4 is 7.37 Å². The molecule has 5 heteroatoms. The van der Waals surface area contributed by atoms with E-state index in [-0.39, 0.29) is 6.10 Å². The van der Waals surface area contributed by atoms with Crippen molar-refractivity contribution in [3.63, 3.8) is 0 Å². The Morgan fingerprint density at radius 2 is 1.09 bits per heavy atom. The smallest absolute Gasteiger partial charge is 0.245 e. The molecule has 1 aliphatic carbocycles. The van der Waals surface area contributed by atoms with Gasteiger partial charge in [-0.2, -0.15) is 0 Å². The van der Waals surface area contributed by atoms with Crippen LogP contribution in [0.3, 0.4) is 0 Å². The van der Waals surface area contributed by atoms with Gasteiger partial charge >= 0.3 is 0 Å². The average molecular weight is 595 g/mol. The summed E-state index contributed by atoms with van der Waals surface area (Å²) < 4.78 is 23.5. The Bertz CT molecular complexity index is 1320. The molecule has 2 N–H and O–H groups in total. The lowest BCUT2D eigenvalue weighted by atomic mass is 9.75. The highest BCUT2D eigenvalue weighted by atomic mass is 31.2. The van der Waals surface area contributed by atoms with Crippen LogP contribution in [0.15, 0.2) is 121 Å². The molecule has 1 saturated carbocycles. The largest absolute Gasteiger partial charge is 0.322 e. The third-order valence-electron chi connectivity index (χ3n) is 8.90. The van der Waals surface area contributed by atoms with E-state index in [1.54, 1.807) is 0 Å². The van der Waals surface area contributed by atoms with Crippen LogP contribution < -0.4 is 10.6 Å². The minimum absolute atomic E-state index is 0.0796. The molecule has 0 radical (unpaired) electrons. The van der Waals surface area contributed by atoms with E-state index >= 15 is 4.57 Å². The van der Waals surface area contributed by atoms with Gasteiger partial charge in [0.05, 0.1) is 6.10 Å². The van der Waals surface area contributed by atoms with Crippen LogP contribution in [0.1, 0.15) is 73.9 Å².